The molecule has 32 heavy (non-hydrogen) atoms. The van der Waals surface area contributed by atoms with Crippen LogP contribution >= 0.6 is 0 Å². The summed E-state index contributed by atoms with van der Waals surface area (Å²) in [6.45, 7) is 0.201. The zero-order valence-corrected chi connectivity index (χ0v) is 17.8. The second kappa shape index (κ2) is 9.97. The first-order valence-corrected chi connectivity index (χ1v) is 10.4. The third kappa shape index (κ3) is 4.39. The van der Waals surface area contributed by atoms with Crippen LogP contribution < -0.4 is 17.2 Å². The van der Waals surface area contributed by atoms with E-state index >= 15 is 0 Å². The SMILES string of the molecule is Nc1ccc(C2(C(=O)C(O)c3ccccc3)C=C(N(CCO)CCO)C=CC2N)c(N)c1. The number of allylic oxidation sites excluding steroid dienone is 1. The highest BCUT2D eigenvalue weighted by Gasteiger charge is 2.48. The second-order valence-corrected chi connectivity index (χ2v) is 7.78. The van der Waals surface area contributed by atoms with Crippen molar-refractivity contribution < 1.29 is 20.1 Å². The fraction of sp³-hybridized carbons (Fsp3) is 0.292. The van der Waals surface area contributed by atoms with Crippen molar-refractivity contribution in [2.24, 2.45) is 5.73 Å². The van der Waals surface area contributed by atoms with Gasteiger partial charge in [0.15, 0.2) is 5.78 Å². The monoisotopic (exact) mass is 438 g/mol. The number of aliphatic hydroxyl groups excluding tert-OH is 3. The number of nitrogens with two attached hydrogens (primary N) is 3. The predicted molar refractivity (Wildman–Crippen MR) is 124 cm³/mol. The summed E-state index contributed by atoms with van der Waals surface area (Å²) in [5, 5.41) is 30.0. The Morgan fingerprint density at radius 2 is 1.72 bits per heavy atom. The molecule has 0 aromatic heterocycles. The molecule has 0 saturated heterocycles. The molecule has 0 aliphatic heterocycles. The molecule has 3 unspecified atom stereocenters. The predicted octanol–water partition coefficient (Wildman–Crippen LogP) is 0.459. The molecule has 2 aromatic carbocycles. The normalized spacial score (nSPS) is 21.1. The molecule has 9 N–H and O–H groups in total. The van der Waals surface area contributed by atoms with E-state index in [2.05, 4.69) is 0 Å². The van der Waals surface area contributed by atoms with Crippen LogP contribution in [0.4, 0.5) is 11.4 Å². The standard InChI is InChI=1S/C24H30N4O4/c25-17-6-8-19(20(26)14-17)24(23(32)22(31)16-4-2-1-3-5-16)15-18(7-9-21(24)27)28(10-12-29)11-13-30/h1-9,14-15,21-22,29-31H,10-13,25-27H2. The van der Waals surface area contributed by atoms with Crippen molar-refractivity contribution in [3.63, 3.8) is 0 Å². The molecule has 1 aliphatic carbocycles. The van der Waals surface area contributed by atoms with Crippen LogP contribution in [-0.4, -0.2) is 58.3 Å². The van der Waals surface area contributed by atoms with E-state index in [4.69, 9.17) is 17.2 Å². The number of carbonyl (C=O) groups is 1. The molecule has 3 atom stereocenters. The minimum atomic E-state index is -1.50. The van der Waals surface area contributed by atoms with E-state index in [1.807, 2.05) is 0 Å². The van der Waals surface area contributed by atoms with Gasteiger partial charge in [-0.1, -0.05) is 42.5 Å². The van der Waals surface area contributed by atoms with E-state index in [9.17, 15) is 20.1 Å². The number of anilines is 2. The number of carbonyl (C=O) groups excluding carboxylic acids is 1. The molecular formula is C24H30N4O4. The van der Waals surface area contributed by atoms with Crippen LogP contribution in [0.25, 0.3) is 0 Å². The average Bonchev–Trinajstić information content (AvgIpc) is 2.79. The lowest BCUT2D eigenvalue weighted by Crippen LogP contribution is -2.53. The number of aliphatic hydroxyl groups is 3. The summed E-state index contributed by atoms with van der Waals surface area (Å²) in [5.41, 5.74) is 19.3. The smallest absolute Gasteiger partial charge is 0.182 e. The third-order valence-electron chi connectivity index (χ3n) is 5.77. The van der Waals surface area contributed by atoms with Gasteiger partial charge in [0.05, 0.1) is 18.6 Å². The number of nitrogens with zero attached hydrogens (tertiary/aromatic N) is 1. The van der Waals surface area contributed by atoms with Gasteiger partial charge in [0.2, 0.25) is 0 Å². The van der Waals surface area contributed by atoms with Crippen molar-refractivity contribution in [1.29, 1.82) is 0 Å². The molecule has 0 saturated carbocycles. The third-order valence-corrected chi connectivity index (χ3v) is 5.77. The number of benzene rings is 2. The van der Waals surface area contributed by atoms with E-state index in [1.54, 1.807) is 71.7 Å². The number of ketones is 1. The van der Waals surface area contributed by atoms with Gasteiger partial charge in [0.1, 0.15) is 6.10 Å². The fourth-order valence-corrected chi connectivity index (χ4v) is 4.14. The van der Waals surface area contributed by atoms with Gasteiger partial charge in [-0.15, -0.1) is 0 Å². The van der Waals surface area contributed by atoms with E-state index in [0.717, 1.165) is 0 Å². The van der Waals surface area contributed by atoms with Crippen LogP contribution in [0, 0.1) is 0 Å². The molecule has 8 heteroatoms. The van der Waals surface area contributed by atoms with Crippen molar-refractivity contribution >= 4 is 17.2 Å². The summed E-state index contributed by atoms with van der Waals surface area (Å²) in [7, 11) is 0. The van der Waals surface area contributed by atoms with E-state index < -0.39 is 23.3 Å². The van der Waals surface area contributed by atoms with E-state index in [1.165, 1.54) is 0 Å². The number of nitrogen functional groups attached to an aromatic ring is 2. The molecule has 1 aliphatic rings. The summed E-state index contributed by atoms with van der Waals surface area (Å²) in [5.74, 6) is -0.539. The summed E-state index contributed by atoms with van der Waals surface area (Å²) in [6.07, 6.45) is 3.62. The Morgan fingerprint density at radius 3 is 2.31 bits per heavy atom. The van der Waals surface area contributed by atoms with Crippen LogP contribution in [0.15, 0.2) is 72.5 Å². The summed E-state index contributed by atoms with van der Waals surface area (Å²) in [6, 6.07) is 12.6. The maximum Gasteiger partial charge on any atom is 0.182 e. The molecule has 0 heterocycles. The number of hydrogen-bond donors (Lipinski definition) is 6. The lowest BCUT2D eigenvalue weighted by atomic mass is 9.66. The topological polar surface area (TPSA) is 159 Å². The Balaban J connectivity index is 2.21. The molecule has 0 amide bonds. The summed E-state index contributed by atoms with van der Waals surface area (Å²) >= 11 is 0. The first-order chi connectivity index (χ1) is 15.3. The van der Waals surface area contributed by atoms with Crippen molar-refractivity contribution in [3.8, 4) is 0 Å². The molecule has 8 nitrogen and oxygen atoms in total. The van der Waals surface area contributed by atoms with Gasteiger partial charge >= 0.3 is 0 Å². The Morgan fingerprint density at radius 1 is 1.06 bits per heavy atom. The highest BCUT2D eigenvalue weighted by atomic mass is 16.3. The van der Waals surface area contributed by atoms with Crippen LogP contribution in [-0.2, 0) is 10.2 Å². The van der Waals surface area contributed by atoms with Crippen molar-refractivity contribution in [2.45, 2.75) is 17.6 Å². The summed E-state index contributed by atoms with van der Waals surface area (Å²) < 4.78 is 0. The quantitative estimate of drug-likeness (QED) is 0.308. The molecule has 3 rings (SSSR count). The molecule has 2 aromatic rings. The Hall–Kier alpha value is -3.17. The average molecular weight is 439 g/mol. The Bertz CT molecular complexity index is 1000. The zero-order chi connectivity index (χ0) is 23.3. The molecular weight excluding hydrogens is 408 g/mol. The first kappa shape index (κ1) is 23.5. The molecule has 0 fully saturated rings. The van der Waals surface area contributed by atoms with Gasteiger partial charge in [-0.05, 0) is 35.4 Å². The number of hydrogen-bond acceptors (Lipinski definition) is 8. The van der Waals surface area contributed by atoms with Gasteiger partial charge in [-0.3, -0.25) is 4.79 Å². The lowest BCUT2D eigenvalue weighted by Gasteiger charge is -2.40. The number of rotatable bonds is 9. The van der Waals surface area contributed by atoms with Gasteiger partial charge in [-0.2, -0.15) is 0 Å². The van der Waals surface area contributed by atoms with Crippen molar-refractivity contribution in [2.75, 3.05) is 37.8 Å². The second-order valence-electron chi connectivity index (χ2n) is 7.78. The largest absolute Gasteiger partial charge is 0.399 e. The lowest BCUT2D eigenvalue weighted by molar-refractivity contribution is -0.132. The van der Waals surface area contributed by atoms with Gasteiger partial charge in [-0.25, -0.2) is 0 Å². The van der Waals surface area contributed by atoms with Crippen molar-refractivity contribution in [3.05, 3.63) is 83.6 Å². The maximum atomic E-state index is 13.9. The minimum Gasteiger partial charge on any atom is -0.399 e. The minimum absolute atomic E-state index is 0.144. The highest BCUT2D eigenvalue weighted by molar-refractivity contribution is 5.99. The van der Waals surface area contributed by atoms with E-state index in [0.29, 0.717) is 22.5 Å². The van der Waals surface area contributed by atoms with Crippen LogP contribution in [0.5, 0.6) is 0 Å². The van der Waals surface area contributed by atoms with E-state index in [-0.39, 0.29) is 32.0 Å². The first-order valence-electron chi connectivity index (χ1n) is 10.4. The van der Waals surface area contributed by atoms with Gasteiger partial charge in [0.25, 0.3) is 0 Å². The van der Waals surface area contributed by atoms with Gasteiger partial charge < -0.3 is 37.4 Å². The van der Waals surface area contributed by atoms with Crippen molar-refractivity contribution in [1.82, 2.24) is 4.90 Å². The van der Waals surface area contributed by atoms with Crippen LogP contribution in [0.1, 0.15) is 17.2 Å². The fourth-order valence-electron chi connectivity index (χ4n) is 4.14. The highest BCUT2D eigenvalue weighted by Crippen LogP contribution is 2.42. The van der Waals surface area contributed by atoms with Crippen LogP contribution in [0.2, 0.25) is 0 Å². The molecule has 0 radical (unpaired) electrons. The number of Topliss-reactive ketones (excluding diaryl/α,β-unsaturated/α-hetero) is 1. The summed E-state index contributed by atoms with van der Waals surface area (Å²) in [4.78, 5) is 15.7. The Labute approximate surface area is 187 Å². The zero-order valence-electron chi connectivity index (χ0n) is 17.8. The van der Waals surface area contributed by atoms with Gasteiger partial charge in [0, 0.05) is 36.2 Å². The molecule has 0 spiro atoms. The Kier molecular flexibility index (Phi) is 7.32. The molecule has 0 bridgehead atoms. The van der Waals surface area contributed by atoms with Crippen LogP contribution in [0.3, 0.4) is 0 Å². The molecule has 170 valence electrons. The maximum absolute atomic E-state index is 13.9.